The molecule has 4 rings (SSSR count). The van der Waals surface area contributed by atoms with E-state index in [2.05, 4.69) is 32.6 Å². The molecule has 0 bridgehead atoms. The Morgan fingerprint density at radius 1 is 1.28 bits per heavy atom. The van der Waals surface area contributed by atoms with Crippen molar-refractivity contribution >= 4 is 25.2 Å². The van der Waals surface area contributed by atoms with E-state index in [9.17, 15) is 9.59 Å². The molecule has 6 atom stereocenters. The maximum atomic E-state index is 13.0. The van der Waals surface area contributed by atoms with E-state index in [1.165, 1.54) is 0 Å². The van der Waals surface area contributed by atoms with Gasteiger partial charge in [0.15, 0.2) is 0 Å². The summed E-state index contributed by atoms with van der Waals surface area (Å²) in [7, 11) is 5.74. The number of carbonyl (C=O) groups is 2. The largest absolute Gasteiger partial charge is 0.454 e. The quantitative estimate of drug-likeness (QED) is 0.343. The first-order valence-electron chi connectivity index (χ1n) is 10.3. The molecule has 1 aromatic carbocycles. The van der Waals surface area contributed by atoms with Crippen LogP contribution in [0.4, 0.5) is 0 Å². The average Bonchev–Trinajstić information content (AvgIpc) is 3.11. The summed E-state index contributed by atoms with van der Waals surface area (Å²) in [5.74, 6) is -0.635. The molecule has 3 aliphatic rings. The zero-order chi connectivity index (χ0) is 21.0. The van der Waals surface area contributed by atoms with E-state index in [0.29, 0.717) is 16.6 Å². The summed E-state index contributed by atoms with van der Waals surface area (Å²) in [6, 6.07) is 6.69. The number of esters is 2. The smallest absolute Gasteiger partial charge is 0.338 e. The lowest BCUT2D eigenvalue weighted by molar-refractivity contribution is -0.162. The first kappa shape index (κ1) is 20.0. The van der Waals surface area contributed by atoms with Gasteiger partial charge in [0.25, 0.3) is 0 Å². The second-order valence-corrected chi connectivity index (χ2v) is 9.25. The number of carbonyl (C=O) groups excluding carboxylic acids is 2. The van der Waals surface area contributed by atoms with Crippen LogP contribution in [0.2, 0.25) is 0 Å². The lowest BCUT2D eigenvalue weighted by atomic mass is 9.57. The van der Waals surface area contributed by atoms with Crippen molar-refractivity contribution in [1.82, 2.24) is 0 Å². The molecule has 1 heterocycles. The van der Waals surface area contributed by atoms with Crippen molar-refractivity contribution in [2.75, 3.05) is 0 Å². The molecule has 2 aliphatic carbocycles. The fourth-order valence-corrected chi connectivity index (χ4v) is 5.91. The van der Waals surface area contributed by atoms with Gasteiger partial charge in [0, 0.05) is 16.9 Å². The predicted molar refractivity (Wildman–Crippen MR) is 112 cm³/mol. The van der Waals surface area contributed by atoms with E-state index < -0.39 is 18.2 Å². The maximum Gasteiger partial charge on any atom is 0.338 e. The van der Waals surface area contributed by atoms with Crippen LogP contribution in [0.1, 0.15) is 50.4 Å². The normalized spacial score (nSPS) is 38.6. The molecule has 0 spiro atoms. The summed E-state index contributed by atoms with van der Waals surface area (Å²) in [6.07, 6.45) is 6.12. The van der Waals surface area contributed by atoms with E-state index in [4.69, 9.17) is 17.3 Å². The van der Waals surface area contributed by atoms with Crippen LogP contribution in [-0.2, 0) is 14.3 Å². The Morgan fingerprint density at radius 3 is 2.62 bits per heavy atom. The Bertz CT molecular complexity index is 889. The van der Waals surface area contributed by atoms with E-state index in [1.54, 1.807) is 24.3 Å². The van der Waals surface area contributed by atoms with Crippen LogP contribution in [-0.4, -0.2) is 32.0 Å². The number of ether oxygens (including phenoxy) is 2. The van der Waals surface area contributed by atoms with Gasteiger partial charge in [-0.25, -0.2) is 9.59 Å². The summed E-state index contributed by atoms with van der Waals surface area (Å²) < 4.78 is 11.8. The molecule has 0 amide bonds. The van der Waals surface area contributed by atoms with Gasteiger partial charge in [-0.15, -0.1) is 0 Å². The minimum absolute atomic E-state index is 0.00770. The molecule has 0 N–H and O–H groups in total. The summed E-state index contributed by atoms with van der Waals surface area (Å²) in [5.41, 5.74) is 1.25. The lowest BCUT2D eigenvalue weighted by Gasteiger charge is -2.50. The minimum atomic E-state index is -0.508. The molecule has 2 radical (unpaired) electrons. The van der Waals surface area contributed by atoms with Crippen molar-refractivity contribution < 1.29 is 19.1 Å². The van der Waals surface area contributed by atoms with Crippen LogP contribution in [0.25, 0.3) is 0 Å². The van der Waals surface area contributed by atoms with Gasteiger partial charge in [-0.1, -0.05) is 50.2 Å². The number of benzene rings is 1. The average molecular weight is 390 g/mol. The van der Waals surface area contributed by atoms with Crippen LogP contribution >= 0.6 is 0 Å². The standard InChI is InChI=1S/C24H27BO4/c1-5-10-23(3)11-12-24(4)18(23)13-17-14(2)21(26)28-19(17)20(24)29-22(27)15-6-8-16(25)9-7-15/h5-10,17-20H,2,11-13H2,1,3-4H3/b10-5-/t17-,18+,19-,20+,23-,24+/m0/s1. The highest BCUT2D eigenvalue weighted by Crippen LogP contribution is 2.64. The molecular weight excluding hydrogens is 363 g/mol. The Kier molecular flexibility index (Phi) is 4.75. The summed E-state index contributed by atoms with van der Waals surface area (Å²) >= 11 is 0. The van der Waals surface area contributed by atoms with Gasteiger partial charge in [-0.3, -0.25) is 0 Å². The fraction of sp³-hybridized carbons (Fsp3) is 0.500. The van der Waals surface area contributed by atoms with Crippen molar-refractivity contribution in [2.24, 2.45) is 22.7 Å². The van der Waals surface area contributed by atoms with E-state index in [1.807, 2.05) is 6.92 Å². The third kappa shape index (κ3) is 3.06. The Balaban J connectivity index is 1.71. The number of fused-ring (bicyclic) bond motifs is 2. The number of hydrogen-bond donors (Lipinski definition) is 0. The Morgan fingerprint density at radius 2 is 1.97 bits per heavy atom. The third-order valence-electron chi connectivity index (χ3n) is 7.51. The molecule has 3 fully saturated rings. The minimum Gasteiger partial charge on any atom is -0.454 e. The first-order valence-corrected chi connectivity index (χ1v) is 10.3. The van der Waals surface area contributed by atoms with Crippen LogP contribution in [0.3, 0.4) is 0 Å². The first-order chi connectivity index (χ1) is 13.7. The molecular formula is C24H27BO4. The van der Waals surface area contributed by atoms with E-state index >= 15 is 0 Å². The topological polar surface area (TPSA) is 52.6 Å². The van der Waals surface area contributed by atoms with Crippen LogP contribution in [0.15, 0.2) is 48.6 Å². The third-order valence-corrected chi connectivity index (χ3v) is 7.51. The predicted octanol–water partition coefficient (Wildman–Crippen LogP) is 3.51. The second-order valence-electron chi connectivity index (χ2n) is 9.25. The van der Waals surface area contributed by atoms with Crippen molar-refractivity contribution in [3.05, 3.63) is 54.1 Å². The van der Waals surface area contributed by atoms with Crippen LogP contribution in [0, 0.1) is 22.7 Å². The maximum absolute atomic E-state index is 13.0. The fourth-order valence-electron chi connectivity index (χ4n) is 5.91. The van der Waals surface area contributed by atoms with E-state index in [-0.39, 0.29) is 28.6 Å². The molecule has 5 heteroatoms. The molecule has 4 nitrogen and oxygen atoms in total. The SMILES string of the molecule is [B]c1ccc(C(=O)O[C@@H]2[C@H]3OC(=O)C(=C)[C@@H]3C[C@H]3[C@@]2(C)CC[C@]3(C)/C=C\C)cc1. The number of allylic oxidation sites excluding steroid dienone is 2. The number of rotatable bonds is 3. The van der Waals surface area contributed by atoms with Gasteiger partial charge in [-0.05, 0) is 49.7 Å². The Labute approximate surface area is 173 Å². The highest BCUT2D eigenvalue weighted by molar-refractivity contribution is 6.32. The number of hydrogen-bond acceptors (Lipinski definition) is 4. The molecule has 1 saturated heterocycles. The van der Waals surface area contributed by atoms with Crippen LogP contribution in [0.5, 0.6) is 0 Å². The van der Waals surface area contributed by atoms with Gasteiger partial charge >= 0.3 is 11.9 Å². The van der Waals surface area contributed by atoms with Gasteiger partial charge < -0.3 is 9.47 Å². The van der Waals surface area contributed by atoms with E-state index in [0.717, 1.165) is 19.3 Å². The van der Waals surface area contributed by atoms with Crippen molar-refractivity contribution in [2.45, 2.75) is 52.2 Å². The molecule has 29 heavy (non-hydrogen) atoms. The monoisotopic (exact) mass is 390 g/mol. The zero-order valence-electron chi connectivity index (χ0n) is 17.3. The van der Waals surface area contributed by atoms with Gasteiger partial charge in [0.2, 0.25) is 0 Å². The van der Waals surface area contributed by atoms with Crippen LogP contribution < -0.4 is 5.46 Å². The zero-order valence-corrected chi connectivity index (χ0v) is 17.3. The van der Waals surface area contributed by atoms with Crippen molar-refractivity contribution in [3.63, 3.8) is 0 Å². The molecule has 0 unspecified atom stereocenters. The van der Waals surface area contributed by atoms with Gasteiger partial charge in [-0.2, -0.15) is 0 Å². The summed E-state index contributed by atoms with van der Waals surface area (Å²) in [5, 5.41) is 0. The molecule has 1 aliphatic heterocycles. The highest BCUT2D eigenvalue weighted by Gasteiger charge is 2.65. The molecule has 0 aromatic heterocycles. The highest BCUT2D eigenvalue weighted by atomic mass is 16.6. The van der Waals surface area contributed by atoms with Crippen molar-refractivity contribution in [3.8, 4) is 0 Å². The summed E-state index contributed by atoms with van der Waals surface area (Å²) in [6.45, 7) is 10.5. The molecule has 150 valence electrons. The van der Waals surface area contributed by atoms with Crippen molar-refractivity contribution in [1.29, 1.82) is 0 Å². The molecule has 2 saturated carbocycles. The summed E-state index contributed by atoms with van der Waals surface area (Å²) in [4.78, 5) is 25.3. The molecule has 1 aromatic rings. The Hall–Kier alpha value is -2.30. The second kappa shape index (κ2) is 6.89. The van der Waals surface area contributed by atoms with Gasteiger partial charge in [0.1, 0.15) is 20.1 Å². The lowest BCUT2D eigenvalue weighted by Crippen LogP contribution is -2.55. The van der Waals surface area contributed by atoms with Gasteiger partial charge in [0.05, 0.1) is 5.56 Å².